The molecule has 1 aromatic heterocycles. The van der Waals surface area contributed by atoms with Crippen molar-refractivity contribution in [3.63, 3.8) is 0 Å². The molecule has 0 amide bonds. The summed E-state index contributed by atoms with van der Waals surface area (Å²) in [7, 11) is 0. The second-order valence-corrected chi connectivity index (χ2v) is 5.08. The van der Waals surface area contributed by atoms with Gasteiger partial charge in [-0.2, -0.15) is 21.9 Å². The second kappa shape index (κ2) is 5.47. The number of alkyl halides is 3. The van der Waals surface area contributed by atoms with Gasteiger partial charge in [0.1, 0.15) is 11.2 Å². The van der Waals surface area contributed by atoms with Gasteiger partial charge in [0.2, 0.25) is 0 Å². The second-order valence-electron chi connectivity index (χ2n) is 4.55. The molecule has 0 radical (unpaired) electrons. The van der Waals surface area contributed by atoms with Gasteiger partial charge < -0.3 is 5.32 Å². The maximum atomic E-state index is 12.7. The monoisotopic (exact) mass is 340 g/mol. The smallest absolute Gasteiger partial charge is 0.350 e. The molecule has 0 spiro atoms. The maximum Gasteiger partial charge on any atom is 0.416 e. The van der Waals surface area contributed by atoms with Crippen molar-refractivity contribution in [2.45, 2.75) is 6.18 Å². The van der Waals surface area contributed by atoms with Crippen LogP contribution in [0.3, 0.4) is 0 Å². The number of fused-ring (bicyclic) bond motifs is 1. The van der Waals surface area contributed by atoms with Crippen LogP contribution in [-0.2, 0) is 6.18 Å². The lowest BCUT2D eigenvalue weighted by atomic mass is 10.1. The number of hydrogen-bond acceptors (Lipinski definition) is 6. The molecule has 10 heteroatoms. The van der Waals surface area contributed by atoms with Gasteiger partial charge >= 0.3 is 11.9 Å². The molecule has 0 unspecified atom stereocenters. The highest BCUT2D eigenvalue weighted by Crippen LogP contribution is 2.36. The number of halogens is 3. The summed E-state index contributed by atoms with van der Waals surface area (Å²) in [4.78, 5) is 10.6. The number of anilines is 2. The largest absolute Gasteiger partial charge is 0.416 e. The minimum atomic E-state index is -4.49. The SMILES string of the molecule is O=[N+]([O-])c1c(Nc2cccc(C(F)(F)F)c2)ccc2nsnc12. The predicted octanol–water partition coefficient (Wildman–Crippen LogP) is 4.36. The summed E-state index contributed by atoms with van der Waals surface area (Å²) >= 11 is 0.824. The minimum absolute atomic E-state index is 0.0505. The van der Waals surface area contributed by atoms with Gasteiger partial charge in [-0.05, 0) is 30.3 Å². The number of nitro groups is 1. The van der Waals surface area contributed by atoms with E-state index < -0.39 is 16.7 Å². The lowest BCUT2D eigenvalue weighted by Gasteiger charge is -2.11. The third-order valence-corrected chi connectivity index (χ3v) is 3.60. The molecule has 3 aromatic rings. The Kier molecular flexibility index (Phi) is 3.60. The van der Waals surface area contributed by atoms with Gasteiger partial charge in [-0.3, -0.25) is 10.1 Å². The summed E-state index contributed by atoms with van der Waals surface area (Å²) in [5.41, 5.74) is -0.580. The van der Waals surface area contributed by atoms with E-state index in [-0.39, 0.29) is 22.6 Å². The van der Waals surface area contributed by atoms with Crippen LogP contribution in [0.5, 0.6) is 0 Å². The van der Waals surface area contributed by atoms with Crippen molar-refractivity contribution in [2.24, 2.45) is 0 Å². The first-order chi connectivity index (χ1) is 10.9. The molecule has 0 aliphatic heterocycles. The number of hydrogen-bond donors (Lipinski definition) is 1. The van der Waals surface area contributed by atoms with Gasteiger partial charge in [0.15, 0.2) is 5.52 Å². The zero-order valence-corrected chi connectivity index (χ0v) is 12.0. The van der Waals surface area contributed by atoms with E-state index in [1.807, 2.05) is 0 Å². The summed E-state index contributed by atoms with van der Waals surface area (Å²) in [5, 5.41) is 13.9. The Morgan fingerprint density at radius 3 is 2.65 bits per heavy atom. The summed E-state index contributed by atoms with van der Waals surface area (Å²) in [6.07, 6.45) is -4.49. The van der Waals surface area contributed by atoms with Crippen LogP contribution >= 0.6 is 11.7 Å². The lowest BCUT2D eigenvalue weighted by molar-refractivity contribution is -0.382. The van der Waals surface area contributed by atoms with E-state index in [1.165, 1.54) is 24.3 Å². The topological polar surface area (TPSA) is 81.0 Å². The number of nitrogens with zero attached hydrogens (tertiary/aromatic N) is 3. The Balaban J connectivity index is 2.05. The Morgan fingerprint density at radius 1 is 1.17 bits per heavy atom. The molecule has 0 atom stereocenters. The quantitative estimate of drug-likeness (QED) is 0.566. The van der Waals surface area contributed by atoms with Crippen LogP contribution in [0.4, 0.5) is 30.2 Å². The standard InChI is InChI=1S/C13H7F3N4O2S/c14-13(15,16)7-2-1-3-8(6-7)17-10-5-4-9-11(19-23-18-9)12(10)20(21)22/h1-6,17H. The van der Waals surface area contributed by atoms with Crippen LogP contribution in [0.1, 0.15) is 5.56 Å². The lowest BCUT2D eigenvalue weighted by Crippen LogP contribution is -2.05. The average Bonchev–Trinajstić information content (AvgIpc) is 2.94. The average molecular weight is 340 g/mol. The van der Waals surface area contributed by atoms with Crippen molar-refractivity contribution >= 4 is 39.8 Å². The van der Waals surface area contributed by atoms with Crippen molar-refractivity contribution in [2.75, 3.05) is 5.32 Å². The highest BCUT2D eigenvalue weighted by atomic mass is 32.1. The highest BCUT2D eigenvalue weighted by molar-refractivity contribution is 7.00. The Labute approximate surface area is 131 Å². The van der Waals surface area contributed by atoms with Gasteiger partial charge in [-0.25, -0.2) is 0 Å². The number of rotatable bonds is 3. The molecule has 0 aliphatic rings. The molecule has 0 bridgehead atoms. The normalized spacial score (nSPS) is 11.6. The van der Waals surface area contributed by atoms with Gasteiger partial charge in [0.25, 0.3) is 0 Å². The molecule has 1 heterocycles. The first-order valence-corrected chi connectivity index (χ1v) is 6.93. The zero-order chi connectivity index (χ0) is 16.6. The third kappa shape index (κ3) is 2.93. The molecule has 0 fully saturated rings. The fraction of sp³-hybridized carbons (Fsp3) is 0.0769. The van der Waals surface area contributed by atoms with Gasteiger partial charge in [-0.1, -0.05) is 6.07 Å². The van der Waals surface area contributed by atoms with E-state index in [1.54, 1.807) is 0 Å². The fourth-order valence-electron chi connectivity index (χ4n) is 2.05. The molecule has 118 valence electrons. The first kappa shape index (κ1) is 15.2. The van der Waals surface area contributed by atoms with E-state index in [2.05, 4.69) is 14.1 Å². The molecular formula is C13H7F3N4O2S. The molecule has 0 aliphatic carbocycles. The van der Waals surface area contributed by atoms with Crippen molar-refractivity contribution in [3.8, 4) is 0 Å². The van der Waals surface area contributed by atoms with Crippen LogP contribution in [0.15, 0.2) is 36.4 Å². The predicted molar refractivity (Wildman–Crippen MR) is 78.8 cm³/mol. The van der Waals surface area contributed by atoms with Crippen LogP contribution < -0.4 is 5.32 Å². The van der Waals surface area contributed by atoms with Crippen LogP contribution in [-0.4, -0.2) is 13.7 Å². The van der Waals surface area contributed by atoms with E-state index in [0.29, 0.717) is 5.52 Å². The first-order valence-electron chi connectivity index (χ1n) is 6.20. The highest BCUT2D eigenvalue weighted by Gasteiger charge is 2.30. The molecule has 2 aromatic carbocycles. The van der Waals surface area contributed by atoms with E-state index in [0.717, 1.165) is 23.9 Å². The fourth-order valence-corrected chi connectivity index (χ4v) is 2.59. The van der Waals surface area contributed by atoms with Crippen LogP contribution in [0.2, 0.25) is 0 Å². The number of nitro benzene ring substituents is 1. The summed E-state index contributed by atoms with van der Waals surface area (Å²) in [5.74, 6) is 0. The third-order valence-electron chi connectivity index (χ3n) is 3.05. The van der Waals surface area contributed by atoms with Crippen LogP contribution in [0.25, 0.3) is 11.0 Å². The molecule has 0 saturated carbocycles. The molecule has 1 N–H and O–H groups in total. The molecular weight excluding hydrogens is 333 g/mol. The Bertz CT molecular complexity index is 894. The maximum absolute atomic E-state index is 12.7. The van der Waals surface area contributed by atoms with Gasteiger partial charge in [0, 0.05) is 5.69 Å². The van der Waals surface area contributed by atoms with Gasteiger partial charge in [-0.15, -0.1) is 0 Å². The van der Waals surface area contributed by atoms with Crippen molar-refractivity contribution in [1.82, 2.24) is 8.75 Å². The van der Waals surface area contributed by atoms with Crippen molar-refractivity contribution in [3.05, 3.63) is 52.1 Å². The molecule has 3 rings (SSSR count). The van der Waals surface area contributed by atoms with E-state index >= 15 is 0 Å². The Hall–Kier alpha value is -2.75. The number of nitrogens with one attached hydrogen (secondary N) is 1. The number of aromatic nitrogens is 2. The molecule has 23 heavy (non-hydrogen) atoms. The number of benzene rings is 2. The van der Waals surface area contributed by atoms with Crippen LogP contribution in [0, 0.1) is 10.1 Å². The molecule has 0 saturated heterocycles. The Morgan fingerprint density at radius 2 is 1.96 bits per heavy atom. The molecule has 6 nitrogen and oxygen atoms in total. The van der Waals surface area contributed by atoms with Gasteiger partial charge in [0.05, 0.1) is 22.2 Å². The summed E-state index contributed by atoms with van der Waals surface area (Å²) < 4.78 is 46.0. The minimum Gasteiger partial charge on any atom is -0.350 e. The van der Waals surface area contributed by atoms with E-state index in [9.17, 15) is 23.3 Å². The summed E-state index contributed by atoms with van der Waals surface area (Å²) in [6.45, 7) is 0. The van der Waals surface area contributed by atoms with E-state index in [4.69, 9.17) is 0 Å². The van der Waals surface area contributed by atoms with Crippen molar-refractivity contribution in [1.29, 1.82) is 0 Å². The zero-order valence-electron chi connectivity index (χ0n) is 11.2. The summed E-state index contributed by atoms with van der Waals surface area (Å²) in [6, 6.07) is 7.33. The van der Waals surface area contributed by atoms with Crippen molar-refractivity contribution < 1.29 is 18.1 Å².